The van der Waals surface area contributed by atoms with Crippen molar-refractivity contribution in [3.63, 3.8) is 0 Å². The number of carbonyl (C=O) groups is 2. The molecule has 1 unspecified atom stereocenters. The fourth-order valence-corrected chi connectivity index (χ4v) is 4.42. The smallest absolute Gasteiger partial charge is 0.339 e. The van der Waals surface area contributed by atoms with E-state index >= 15 is 0 Å². The van der Waals surface area contributed by atoms with Crippen LogP contribution in [-0.4, -0.2) is 25.2 Å². The SMILES string of the molecule is CCCCCCCCCCCCCCOC(=O)c1ccccc1C(=O)OCC(C)CC(C)(C)C. The van der Waals surface area contributed by atoms with Crippen LogP contribution in [0.1, 0.15) is 139 Å². The van der Waals surface area contributed by atoms with Crippen molar-refractivity contribution >= 4 is 11.9 Å². The second-order valence-electron chi connectivity index (χ2n) is 11.0. The van der Waals surface area contributed by atoms with Gasteiger partial charge in [0.25, 0.3) is 0 Å². The number of rotatable bonds is 18. The zero-order valence-electron chi connectivity index (χ0n) is 22.6. The molecule has 0 spiro atoms. The Labute approximate surface area is 209 Å². The van der Waals surface area contributed by atoms with E-state index in [0.717, 1.165) is 19.3 Å². The first-order valence-electron chi connectivity index (χ1n) is 13.7. The highest BCUT2D eigenvalue weighted by atomic mass is 16.5. The first kappa shape index (κ1) is 30.2. The number of esters is 2. The number of unbranched alkanes of at least 4 members (excludes halogenated alkanes) is 11. The second-order valence-corrected chi connectivity index (χ2v) is 11.0. The summed E-state index contributed by atoms with van der Waals surface area (Å²) in [6.07, 6.45) is 16.2. The average molecular weight is 475 g/mol. The summed E-state index contributed by atoms with van der Waals surface area (Å²) in [5.41, 5.74) is 0.751. The van der Waals surface area contributed by atoms with Gasteiger partial charge in [-0.05, 0) is 36.3 Å². The molecule has 0 bridgehead atoms. The lowest BCUT2D eigenvalue weighted by Crippen LogP contribution is -2.19. The first-order chi connectivity index (χ1) is 16.2. The van der Waals surface area contributed by atoms with E-state index in [-0.39, 0.29) is 22.5 Å². The van der Waals surface area contributed by atoms with E-state index in [1.807, 2.05) is 0 Å². The maximum Gasteiger partial charge on any atom is 0.339 e. The van der Waals surface area contributed by atoms with Crippen molar-refractivity contribution in [2.75, 3.05) is 13.2 Å². The molecular formula is C30H50O4. The van der Waals surface area contributed by atoms with Crippen molar-refractivity contribution in [2.45, 2.75) is 118 Å². The summed E-state index contributed by atoms with van der Waals surface area (Å²) in [4.78, 5) is 25.2. The van der Waals surface area contributed by atoms with E-state index in [9.17, 15) is 9.59 Å². The fraction of sp³-hybridized carbons (Fsp3) is 0.733. The fourth-order valence-electron chi connectivity index (χ4n) is 4.42. The molecule has 0 aliphatic carbocycles. The van der Waals surface area contributed by atoms with Gasteiger partial charge in [0.2, 0.25) is 0 Å². The zero-order valence-corrected chi connectivity index (χ0v) is 22.6. The molecule has 0 heterocycles. The van der Waals surface area contributed by atoms with Crippen LogP contribution < -0.4 is 0 Å². The summed E-state index contributed by atoms with van der Waals surface area (Å²) in [5.74, 6) is -0.647. The van der Waals surface area contributed by atoms with Crippen LogP contribution in [0.4, 0.5) is 0 Å². The topological polar surface area (TPSA) is 52.6 Å². The molecule has 194 valence electrons. The minimum atomic E-state index is -0.460. The average Bonchev–Trinajstić information content (AvgIpc) is 2.79. The van der Waals surface area contributed by atoms with Gasteiger partial charge in [0, 0.05) is 0 Å². The van der Waals surface area contributed by atoms with Gasteiger partial charge in [-0.3, -0.25) is 0 Å². The molecule has 1 aromatic carbocycles. The lowest BCUT2D eigenvalue weighted by molar-refractivity contribution is 0.0399. The summed E-state index contributed by atoms with van der Waals surface area (Å²) >= 11 is 0. The molecule has 0 fully saturated rings. The molecule has 0 aliphatic heterocycles. The van der Waals surface area contributed by atoms with Gasteiger partial charge >= 0.3 is 11.9 Å². The number of ether oxygens (including phenoxy) is 2. The van der Waals surface area contributed by atoms with Gasteiger partial charge in [-0.1, -0.05) is 117 Å². The molecule has 0 N–H and O–H groups in total. The molecule has 1 aromatic rings. The molecular weight excluding hydrogens is 424 g/mol. The Bertz CT molecular complexity index is 689. The lowest BCUT2D eigenvalue weighted by Gasteiger charge is -2.23. The predicted octanol–water partition coefficient (Wildman–Crippen LogP) is 8.77. The Morgan fingerprint density at radius 1 is 0.735 bits per heavy atom. The van der Waals surface area contributed by atoms with Crippen LogP contribution in [0.25, 0.3) is 0 Å². The van der Waals surface area contributed by atoms with Gasteiger partial charge in [-0.25, -0.2) is 9.59 Å². The maximum atomic E-state index is 12.6. The third-order valence-corrected chi connectivity index (χ3v) is 6.06. The Morgan fingerprint density at radius 3 is 1.65 bits per heavy atom. The summed E-state index contributed by atoms with van der Waals surface area (Å²) < 4.78 is 11.0. The van der Waals surface area contributed by atoms with E-state index in [0.29, 0.717) is 13.2 Å². The third-order valence-electron chi connectivity index (χ3n) is 6.06. The normalized spacial score (nSPS) is 12.4. The van der Waals surface area contributed by atoms with Gasteiger partial charge < -0.3 is 9.47 Å². The third kappa shape index (κ3) is 14.4. The highest BCUT2D eigenvalue weighted by molar-refractivity contribution is 6.03. The summed E-state index contributed by atoms with van der Waals surface area (Å²) in [7, 11) is 0. The summed E-state index contributed by atoms with van der Waals surface area (Å²) in [5, 5.41) is 0. The Balaban J connectivity index is 2.25. The second kappa shape index (κ2) is 17.6. The minimum Gasteiger partial charge on any atom is -0.462 e. The molecule has 0 saturated carbocycles. The molecule has 0 saturated heterocycles. The Kier molecular flexibility index (Phi) is 15.6. The maximum absolute atomic E-state index is 12.6. The van der Waals surface area contributed by atoms with Crippen molar-refractivity contribution in [3.8, 4) is 0 Å². The van der Waals surface area contributed by atoms with E-state index in [1.54, 1.807) is 24.3 Å². The van der Waals surface area contributed by atoms with Crippen molar-refractivity contribution in [3.05, 3.63) is 35.4 Å². The molecule has 1 atom stereocenters. The standard InChI is InChI=1S/C30H50O4/c1-6-7-8-9-10-11-12-13-14-15-16-19-22-33-28(31)26-20-17-18-21-27(26)29(32)34-24-25(2)23-30(3,4)5/h17-18,20-21,25H,6-16,19,22-24H2,1-5H3. The zero-order chi connectivity index (χ0) is 25.2. The van der Waals surface area contributed by atoms with Crippen LogP contribution in [0.15, 0.2) is 24.3 Å². The molecule has 34 heavy (non-hydrogen) atoms. The minimum absolute atomic E-state index is 0.182. The Hall–Kier alpha value is -1.84. The lowest BCUT2D eigenvalue weighted by atomic mass is 9.86. The molecule has 4 nitrogen and oxygen atoms in total. The van der Waals surface area contributed by atoms with Gasteiger partial charge in [-0.2, -0.15) is 0 Å². The molecule has 0 aliphatic rings. The number of hydrogen-bond acceptors (Lipinski definition) is 4. The van der Waals surface area contributed by atoms with Crippen LogP contribution in [0, 0.1) is 11.3 Å². The number of benzene rings is 1. The molecule has 1 rings (SSSR count). The number of carbonyl (C=O) groups excluding carboxylic acids is 2. The molecule has 0 amide bonds. The quantitative estimate of drug-likeness (QED) is 0.158. The van der Waals surface area contributed by atoms with E-state index < -0.39 is 11.9 Å². The van der Waals surface area contributed by atoms with Gasteiger partial charge in [0.15, 0.2) is 0 Å². The van der Waals surface area contributed by atoms with Crippen LogP contribution in [0.3, 0.4) is 0 Å². The molecule has 0 radical (unpaired) electrons. The number of hydrogen-bond donors (Lipinski definition) is 0. The van der Waals surface area contributed by atoms with Crippen molar-refractivity contribution in [1.29, 1.82) is 0 Å². The van der Waals surface area contributed by atoms with Gasteiger partial charge in [-0.15, -0.1) is 0 Å². The van der Waals surface area contributed by atoms with Crippen LogP contribution >= 0.6 is 0 Å². The summed E-state index contributed by atoms with van der Waals surface area (Å²) in [6.45, 7) is 11.6. The van der Waals surface area contributed by atoms with Crippen LogP contribution in [0.2, 0.25) is 0 Å². The highest BCUT2D eigenvalue weighted by Gasteiger charge is 2.21. The highest BCUT2D eigenvalue weighted by Crippen LogP contribution is 2.24. The van der Waals surface area contributed by atoms with Crippen molar-refractivity contribution in [2.24, 2.45) is 11.3 Å². The summed E-state index contributed by atoms with van der Waals surface area (Å²) in [6, 6.07) is 6.77. The van der Waals surface area contributed by atoms with Crippen LogP contribution in [0.5, 0.6) is 0 Å². The Morgan fingerprint density at radius 2 is 1.18 bits per heavy atom. The van der Waals surface area contributed by atoms with Gasteiger partial charge in [0.1, 0.15) is 0 Å². The predicted molar refractivity (Wildman–Crippen MR) is 141 cm³/mol. The molecule has 0 aromatic heterocycles. The monoisotopic (exact) mass is 474 g/mol. The van der Waals surface area contributed by atoms with Crippen molar-refractivity contribution < 1.29 is 19.1 Å². The van der Waals surface area contributed by atoms with Gasteiger partial charge in [0.05, 0.1) is 24.3 Å². The molecule has 4 heteroatoms. The largest absolute Gasteiger partial charge is 0.462 e. The van der Waals surface area contributed by atoms with E-state index in [1.165, 1.54) is 64.2 Å². The van der Waals surface area contributed by atoms with Crippen molar-refractivity contribution in [1.82, 2.24) is 0 Å². The van der Waals surface area contributed by atoms with E-state index in [4.69, 9.17) is 9.47 Å². The van der Waals surface area contributed by atoms with Crippen LogP contribution in [-0.2, 0) is 9.47 Å². The van der Waals surface area contributed by atoms with E-state index in [2.05, 4.69) is 34.6 Å². The first-order valence-corrected chi connectivity index (χ1v) is 13.7.